The van der Waals surface area contributed by atoms with E-state index < -0.39 is 0 Å². The summed E-state index contributed by atoms with van der Waals surface area (Å²) >= 11 is 1.62. The fraction of sp³-hybridized carbons (Fsp3) is 0.474. The van der Waals surface area contributed by atoms with Gasteiger partial charge >= 0.3 is 0 Å². The molecule has 1 saturated heterocycles. The predicted octanol–water partition coefficient (Wildman–Crippen LogP) is 3.62. The number of likely N-dealkylation sites (N-methyl/N-ethyl adjacent to an activating group) is 1. The molecule has 26 heavy (non-hydrogen) atoms. The van der Waals surface area contributed by atoms with Gasteiger partial charge in [-0.15, -0.1) is 11.8 Å². The summed E-state index contributed by atoms with van der Waals surface area (Å²) in [6, 6.07) is 9.46. The Morgan fingerprint density at radius 2 is 2.27 bits per heavy atom. The molecule has 0 unspecified atom stereocenters. The van der Waals surface area contributed by atoms with Gasteiger partial charge in [0.1, 0.15) is 12.4 Å². The minimum absolute atomic E-state index is 0.122. The number of carbonyl (C=O) groups is 1. The molecule has 0 aliphatic carbocycles. The van der Waals surface area contributed by atoms with Crippen molar-refractivity contribution in [2.45, 2.75) is 37.4 Å². The maximum absolute atomic E-state index is 12.7. The first-order valence-electron chi connectivity index (χ1n) is 8.83. The van der Waals surface area contributed by atoms with Crippen LogP contribution >= 0.6 is 11.8 Å². The Kier molecular flexibility index (Phi) is 6.57. The lowest BCUT2D eigenvalue weighted by Crippen LogP contribution is -2.37. The van der Waals surface area contributed by atoms with Gasteiger partial charge in [-0.25, -0.2) is 0 Å². The summed E-state index contributed by atoms with van der Waals surface area (Å²) in [7, 11) is 0. The van der Waals surface area contributed by atoms with E-state index in [1.807, 2.05) is 37.4 Å². The Morgan fingerprint density at radius 1 is 1.42 bits per heavy atom. The molecule has 3 rings (SSSR count). The van der Waals surface area contributed by atoms with Crippen molar-refractivity contribution in [2.75, 3.05) is 26.0 Å². The van der Waals surface area contributed by atoms with Crippen LogP contribution in [0.1, 0.15) is 36.0 Å². The minimum atomic E-state index is -0.137. The van der Waals surface area contributed by atoms with Crippen LogP contribution in [0.5, 0.6) is 5.75 Å². The lowest BCUT2D eigenvalue weighted by molar-refractivity contribution is 0.0531. The van der Waals surface area contributed by atoms with E-state index in [4.69, 9.17) is 14.0 Å². The number of benzene rings is 1. The summed E-state index contributed by atoms with van der Waals surface area (Å²) in [6.45, 7) is 4.17. The highest BCUT2D eigenvalue weighted by molar-refractivity contribution is 7.98. The summed E-state index contributed by atoms with van der Waals surface area (Å²) in [5.41, 5.74) is 0.307. The van der Waals surface area contributed by atoms with E-state index in [0.29, 0.717) is 24.5 Å². The lowest BCUT2D eigenvalue weighted by atomic mass is 10.2. The fourth-order valence-electron chi connectivity index (χ4n) is 2.92. The Morgan fingerprint density at radius 3 is 3.00 bits per heavy atom. The molecule has 0 radical (unpaired) electrons. The molecule has 2 aromatic rings. The van der Waals surface area contributed by atoms with E-state index in [1.165, 1.54) is 0 Å². The highest BCUT2D eigenvalue weighted by atomic mass is 32.2. The number of nitrogens with zero attached hydrogens (tertiary/aromatic N) is 2. The number of aromatic nitrogens is 1. The van der Waals surface area contributed by atoms with Crippen molar-refractivity contribution in [1.29, 1.82) is 0 Å². The second-order valence-corrected chi connectivity index (χ2v) is 6.94. The van der Waals surface area contributed by atoms with E-state index in [9.17, 15) is 4.79 Å². The predicted molar refractivity (Wildman–Crippen MR) is 99.6 cm³/mol. The summed E-state index contributed by atoms with van der Waals surface area (Å²) < 4.78 is 16.7. The van der Waals surface area contributed by atoms with E-state index in [0.717, 1.165) is 30.1 Å². The molecule has 1 fully saturated rings. The molecule has 0 bridgehead atoms. The number of thioether (sulfide) groups is 1. The van der Waals surface area contributed by atoms with Gasteiger partial charge in [-0.2, -0.15) is 0 Å². The third-order valence-corrected chi connectivity index (χ3v) is 5.11. The molecule has 6 nitrogen and oxygen atoms in total. The van der Waals surface area contributed by atoms with Crippen molar-refractivity contribution in [3.63, 3.8) is 0 Å². The van der Waals surface area contributed by atoms with Crippen LogP contribution < -0.4 is 4.74 Å². The molecule has 0 saturated carbocycles. The first kappa shape index (κ1) is 18.8. The molecule has 7 heteroatoms. The van der Waals surface area contributed by atoms with Crippen LogP contribution in [0.2, 0.25) is 0 Å². The van der Waals surface area contributed by atoms with E-state index in [2.05, 4.69) is 5.16 Å². The molecule has 1 aliphatic heterocycles. The van der Waals surface area contributed by atoms with Gasteiger partial charge in [0.15, 0.2) is 11.5 Å². The van der Waals surface area contributed by atoms with Crippen molar-refractivity contribution >= 4 is 17.7 Å². The number of para-hydroxylation sites is 1. The van der Waals surface area contributed by atoms with Crippen LogP contribution in [0, 0.1) is 0 Å². The highest BCUT2D eigenvalue weighted by Crippen LogP contribution is 2.27. The molecule has 1 aromatic heterocycles. The van der Waals surface area contributed by atoms with Crippen LogP contribution in [-0.2, 0) is 11.3 Å². The third kappa shape index (κ3) is 4.59. The number of ether oxygens (including phenoxy) is 2. The SMILES string of the molecule is CCN(C[C@H]1CCCO1)C(=O)c1cc(COc2ccccc2SC)on1. The van der Waals surface area contributed by atoms with E-state index in [-0.39, 0.29) is 18.6 Å². The standard InChI is InChI=1S/C19H24N2O4S/c1-3-21(12-14-7-6-10-23-14)19(22)16-11-15(25-20-16)13-24-17-8-4-5-9-18(17)26-2/h4-5,8-9,11,14H,3,6-7,10,12-13H2,1-2H3/t14-/m1/s1. The number of carbonyl (C=O) groups excluding carboxylic acids is 1. The maximum Gasteiger partial charge on any atom is 0.276 e. The van der Waals surface area contributed by atoms with Gasteiger partial charge in [-0.1, -0.05) is 17.3 Å². The molecular formula is C19H24N2O4S. The van der Waals surface area contributed by atoms with Gasteiger partial charge in [0, 0.05) is 30.7 Å². The molecule has 1 atom stereocenters. The molecule has 0 N–H and O–H groups in total. The highest BCUT2D eigenvalue weighted by Gasteiger charge is 2.24. The number of rotatable bonds is 8. The van der Waals surface area contributed by atoms with Crippen molar-refractivity contribution in [3.8, 4) is 5.75 Å². The number of hydrogen-bond acceptors (Lipinski definition) is 6. The average molecular weight is 376 g/mol. The maximum atomic E-state index is 12.7. The van der Waals surface area contributed by atoms with E-state index in [1.54, 1.807) is 22.7 Å². The van der Waals surface area contributed by atoms with E-state index >= 15 is 0 Å². The van der Waals surface area contributed by atoms with Crippen molar-refractivity contribution < 1.29 is 18.8 Å². The number of amides is 1. The second kappa shape index (κ2) is 9.09. The second-order valence-electron chi connectivity index (χ2n) is 6.10. The number of hydrogen-bond donors (Lipinski definition) is 0. The van der Waals surface area contributed by atoms with Crippen LogP contribution in [0.4, 0.5) is 0 Å². The third-order valence-electron chi connectivity index (χ3n) is 4.33. The first-order chi connectivity index (χ1) is 12.7. The van der Waals surface area contributed by atoms with Gasteiger partial charge < -0.3 is 18.9 Å². The minimum Gasteiger partial charge on any atom is -0.484 e. The smallest absolute Gasteiger partial charge is 0.276 e. The Hall–Kier alpha value is -1.99. The summed E-state index contributed by atoms with van der Waals surface area (Å²) in [5, 5.41) is 3.92. The fourth-order valence-corrected chi connectivity index (χ4v) is 3.46. The van der Waals surface area contributed by atoms with Crippen LogP contribution in [0.15, 0.2) is 39.8 Å². The summed E-state index contributed by atoms with van der Waals surface area (Å²) in [6.07, 6.45) is 4.17. The molecule has 1 aliphatic rings. The van der Waals surface area contributed by atoms with Gasteiger partial charge in [0.2, 0.25) is 0 Å². The quantitative estimate of drug-likeness (QED) is 0.656. The average Bonchev–Trinajstić information content (AvgIpc) is 3.36. The lowest BCUT2D eigenvalue weighted by Gasteiger charge is -2.22. The first-order valence-corrected chi connectivity index (χ1v) is 10.1. The van der Waals surface area contributed by atoms with Crippen molar-refractivity contribution in [2.24, 2.45) is 0 Å². The van der Waals surface area contributed by atoms with Crippen molar-refractivity contribution in [1.82, 2.24) is 10.1 Å². The molecule has 1 amide bonds. The monoisotopic (exact) mass is 376 g/mol. The van der Waals surface area contributed by atoms with Gasteiger partial charge in [-0.05, 0) is 38.2 Å². The zero-order valence-electron chi connectivity index (χ0n) is 15.1. The summed E-state index contributed by atoms with van der Waals surface area (Å²) in [4.78, 5) is 15.5. The normalized spacial score (nSPS) is 16.6. The largest absolute Gasteiger partial charge is 0.484 e. The summed E-state index contributed by atoms with van der Waals surface area (Å²) in [5.74, 6) is 1.18. The zero-order valence-corrected chi connectivity index (χ0v) is 16.0. The molecule has 140 valence electrons. The molecule has 0 spiro atoms. The zero-order chi connectivity index (χ0) is 18.4. The topological polar surface area (TPSA) is 64.8 Å². The molecule has 1 aromatic carbocycles. The van der Waals surface area contributed by atoms with Gasteiger partial charge in [0.05, 0.1) is 6.10 Å². The molecular weight excluding hydrogens is 352 g/mol. The Bertz CT molecular complexity index is 728. The Labute approximate surface area is 157 Å². The van der Waals surface area contributed by atoms with Gasteiger partial charge in [-0.3, -0.25) is 4.79 Å². The van der Waals surface area contributed by atoms with Crippen LogP contribution in [0.3, 0.4) is 0 Å². The van der Waals surface area contributed by atoms with Gasteiger partial charge in [0.25, 0.3) is 5.91 Å². The van der Waals surface area contributed by atoms with Crippen molar-refractivity contribution in [3.05, 3.63) is 41.8 Å². The van der Waals surface area contributed by atoms with Crippen LogP contribution in [0.25, 0.3) is 0 Å². The van der Waals surface area contributed by atoms with Crippen LogP contribution in [-0.4, -0.2) is 48.0 Å². The molecule has 2 heterocycles. The Balaban J connectivity index is 1.60.